The summed E-state index contributed by atoms with van der Waals surface area (Å²) in [6.07, 6.45) is 1.62. The number of nitrogens with zero attached hydrogens (tertiary/aromatic N) is 3. The second-order valence-corrected chi connectivity index (χ2v) is 3.61. The first-order valence-corrected chi connectivity index (χ1v) is 5.49. The first-order chi connectivity index (χ1) is 7.22. The van der Waals surface area contributed by atoms with Crippen molar-refractivity contribution in [2.45, 2.75) is 26.7 Å². The predicted octanol–water partition coefficient (Wildman–Crippen LogP) is 1.39. The average molecular weight is 208 g/mol. The Bertz CT molecular complexity index is 296. The lowest BCUT2D eigenvalue weighted by molar-refractivity contribution is 0.735. The minimum absolute atomic E-state index is 0.294. The van der Waals surface area contributed by atoms with E-state index in [0.29, 0.717) is 12.5 Å². The average Bonchev–Trinajstić information content (AvgIpc) is 2.30. The fraction of sp³-hybridized carbons (Fsp3) is 0.636. The van der Waals surface area contributed by atoms with Gasteiger partial charge >= 0.3 is 0 Å². The van der Waals surface area contributed by atoms with Gasteiger partial charge in [-0.1, -0.05) is 6.92 Å². The van der Waals surface area contributed by atoms with Crippen molar-refractivity contribution in [3.05, 3.63) is 18.1 Å². The van der Waals surface area contributed by atoms with Gasteiger partial charge in [-0.25, -0.2) is 9.97 Å². The van der Waals surface area contributed by atoms with Gasteiger partial charge in [-0.05, 0) is 13.8 Å². The van der Waals surface area contributed by atoms with E-state index in [1.807, 2.05) is 6.07 Å². The van der Waals surface area contributed by atoms with Gasteiger partial charge in [-0.2, -0.15) is 0 Å². The molecule has 0 aromatic carbocycles. The van der Waals surface area contributed by atoms with E-state index in [1.54, 1.807) is 6.33 Å². The Labute approximate surface area is 91.5 Å². The van der Waals surface area contributed by atoms with Gasteiger partial charge in [0.15, 0.2) is 0 Å². The summed E-state index contributed by atoms with van der Waals surface area (Å²) in [5.74, 6) is 1.28. The molecule has 0 fully saturated rings. The maximum atomic E-state index is 5.62. The van der Waals surface area contributed by atoms with E-state index in [0.717, 1.165) is 24.6 Å². The summed E-state index contributed by atoms with van der Waals surface area (Å²) >= 11 is 0. The van der Waals surface area contributed by atoms with Gasteiger partial charge in [0.1, 0.15) is 12.1 Å². The van der Waals surface area contributed by atoms with Crippen LogP contribution in [-0.4, -0.2) is 29.6 Å². The highest BCUT2D eigenvalue weighted by atomic mass is 15.2. The fourth-order valence-electron chi connectivity index (χ4n) is 1.47. The summed E-state index contributed by atoms with van der Waals surface area (Å²) < 4.78 is 0. The largest absolute Gasteiger partial charge is 0.357 e. The molecule has 1 heterocycles. The molecular weight excluding hydrogens is 188 g/mol. The highest BCUT2D eigenvalue weighted by Crippen LogP contribution is 2.16. The van der Waals surface area contributed by atoms with Crippen LogP contribution in [0.25, 0.3) is 0 Å². The molecule has 2 N–H and O–H groups in total. The number of rotatable bonds is 5. The summed E-state index contributed by atoms with van der Waals surface area (Å²) in [6.45, 7) is 8.87. The Morgan fingerprint density at radius 1 is 1.33 bits per heavy atom. The predicted molar refractivity (Wildman–Crippen MR) is 63.1 cm³/mol. The van der Waals surface area contributed by atoms with Gasteiger partial charge in [-0.3, -0.25) is 0 Å². The molecule has 1 unspecified atom stereocenters. The van der Waals surface area contributed by atoms with Crippen LogP contribution in [0.2, 0.25) is 0 Å². The quantitative estimate of drug-likeness (QED) is 0.794. The zero-order valence-corrected chi connectivity index (χ0v) is 9.77. The molecular formula is C11H20N4. The molecule has 0 radical (unpaired) electrons. The third-order valence-electron chi connectivity index (χ3n) is 2.62. The zero-order valence-electron chi connectivity index (χ0n) is 9.77. The van der Waals surface area contributed by atoms with Crippen molar-refractivity contribution in [2.24, 2.45) is 5.73 Å². The minimum Gasteiger partial charge on any atom is -0.357 e. The van der Waals surface area contributed by atoms with Crippen molar-refractivity contribution in [3.8, 4) is 0 Å². The summed E-state index contributed by atoms with van der Waals surface area (Å²) in [4.78, 5) is 10.7. The lowest BCUT2D eigenvalue weighted by Crippen LogP contribution is -2.23. The Morgan fingerprint density at radius 2 is 2.00 bits per heavy atom. The first-order valence-electron chi connectivity index (χ1n) is 5.49. The van der Waals surface area contributed by atoms with Crippen LogP contribution in [0.4, 0.5) is 5.82 Å². The van der Waals surface area contributed by atoms with Crippen molar-refractivity contribution >= 4 is 5.82 Å². The van der Waals surface area contributed by atoms with Gasteiger partial charge in [0.25, 0.3) is 0 Å². The van der Waals surface area contributed by atoms with Crippen molar-refractivity contribution in [3.63, 3.8) is 0 Å². The third kappa shape index (κ3) is 2.89. The SMILES string of the molecule is CCN(CC)c1cc(C(C)CN)ncn1. The molecule has 0 amide bonds. The van der Waals surface area contributed by atoms with Crippen LogP contribution in [-0.2, 0) is 0 Å². The van der Waals surface area contributed by atoms with Crippen LogP contribution in [0.1, 0.15) is 32.4 Å². The molecule has 84 valence electrons. The van der Waals surface area contributed by atoms with Gasteiger partial charge < -0.3 is 10.6 Å². The lowest BCUT2D eigenvalue weighted by atomic mass is 10.1. The molecule has 0 saturated heterocycles. The smallest absolute Gasteiger partial charge is 0.132 e. The Hall–Kier alpha value is -1.16. The van der Waals surface area contributed by atoms with E-state index in [4.69, 9.17) is 5.73 Å². The van der Waals surface area contributed by atoms with Gasteiger partial charge in [0, 0.05) is 37.3 Å². The molecule has 0 aliphatic rings. The van der Waals surface area contributed by atoms with Gasteiger partial charge in [-0.15, -0.1) is 0 Å². The van der Waals surface area contributed by atoms with Crippen LogP contribution in [0, 0.1) is 0 Å². The van der Waals surface area contributed by atoms with Crippen LogP contribution in [0.15, 0.2) is 12.4 Å². The summed E-state index contributed by atoms with van der Waals surface area (Å²) in [7, 11) is 0. The molecule has 0 aliphatic carbocycles. The topological polar surface area (TPSA) is 55.0 Å². The number of nitrogens with two attached hydrogens (primary N) is 1. The van der Waals surface area contributed by atoms with Gasteiger partial charge in [0.2, 0.25) is 0 Å². The first kappa shape index (κ1) is 11.9. The van der Waals surface area contributed by atoms with E-state index in [-0.39, 0.29) is 0 Å². The van der Waals surface area contributed by atoms with Crippen molar-refractivity contribution in [1.29, 1.82) is 0 Å². The minimum atomic E-state index is 0.294. The number of aromatic nitrogens is 2. The van der Waals surface area contributed by atoms with E-state index in [1.165, 1.54) is 0 Å². The highest BCUT2D eigenvalue weighted by molar-refractivity contribution is 5.39. The molecule has 0 aliphatic heterocycles. The molecule has 0 saturated carbocycles. The Kier molecular flexibility index (Phi) is 4.49. The standard InChI is InChI=1S/C11H20N4/c1-4-15(5-2)11-6-10(9(3)7-12)13-8-14-11/h6,8-9H,4-5,7,12H2,1-3H3. The zero-order chi connectivity index (χ0) is 11.3. The molecule has 1 atom stereocenters. The second-order valence-electron chi connectivity index (χ2n) is 3.61. The molecule has 1 rings (SSSR count). The maximum Gasteiger partial charge on any atom is 0.132 e. The van der Waals surface area contributed by atoms with E-state index >= 15 is 0 Å². The molecule has 4 heteroatoms. The number of hydrogen-bond acceptors (Lipinski definition) is 4. The van der Waals surface area contributed by atoms with Crippen LogP contribution >= 0.6 is 0 Å². The highest BCUT2D eigenvalue weighted by Gasteiger charge is 2.08. The summed E-state index contributed by atoms with van der Waals surface area (Å²) in [5, 5.41) is 0. The lowest BCUT2D eigenvalue weighted by Gasteiger charge is -2.20. The monoisotopic (exact) mass is 208 g/mol. The van der Waals surface area contributed by atoms with Crippen LogP contribution in [0.5, 0.6) is 0 Å². The molecule has 0 bridgehead atoms. The second kappa shape index (κ2) is 5.66. The Morgan fingerprint density at radius 3 is 2.53 bits per heavy atom. The molecule has 1 aromatic rings. The van der Waals surface area contributed by atoms with Crippen molar-refractivity contribution < 1.29 is 0 Å². The van der Waals surface area contributed by atoms with Crippen LogP contribution < -0.4 is 10.6 Å². The molecule has 1 aromatic heterocycles. The number of hydrogen-bond donors (Lipinski definition) is 1. The summed E-state index contributed by atoms with van der Waals surface area (Å²) in [5.41, 5.74) is 6.64. The van der Waals surface area contributed by atoms with Crippen molar-refractivity contribution in [1.82, 2.24) is 9.97 Å². The molecule has 4 nitrogen and oxygen atoms in total. The van der Waals surface area contributed by atoms with Crippen molar-refractivity contribution in [2.75, 3.05) is 24.5 Å². The Balaban J connectivity index is 2.91. The molecule has 0 spiro atoms. The van der Waals surface area contributed by atoms with E-state index in [9.17, 15) is 0 Å². The normalized spacial score (nSPS) is 12.5. The fourth-order valence-corrected chi connectivity index (χ4v) is 1.47. The van der Waals surface area contributed by atoms with Crippen LogP contribution in [0.3, 0.4) is 0 Å². The maximum absolute atomic E-state index is 5.62. The number of anilines is 1. The van der Waals surface area contributed by atoms with Gasteiger partial charge in [0.05, 0.1) is 0 Å². The third-order valence-corrected chi connectivity index (χ3v) is 2.62. The molecule has 15 heavy (non-hydrogen) atoms. The van der Waals surface area contributed by atoms with E-state index in [2.05, 4.69) is 35.6 Å². The summed E-state index contributed by atoms with van der Waals surface area (Å²) in [6, 6.07) is 2.03. The van der Waals surface area contributed by atoms with E-state index < -0.39 is 0 Å².